The molecule has 0 radical (unpaired) electrons. The molecule has 0 aliphatic carbocycles. The van der Waals surface area contributed by atoms with E-state index >= 15 is 0 Å². The molecule has 172 valence electrons. The predicted octanol–water partition coefficient (Wildman–Crippen LogP) is 2.13. The summed E-state index contributed by atoms with van der Waals surface area (Å²) in [4.78, 5) is 39.0. The highest BCUT2D eigenvalue weighted by molar-refractivity contribution is 6.10. The molecule has 3 fully saturated rings. The van der Waals surface area contributed by atoms with Gasteiger partial charge in [0.25, 0.3) is 5.91 Å². The van der Waals surface area contributed by atoms with E-state index < -0.39 is 5.54 Å². The first-order chi connectivity index (χ1) is 16.2. The van der Waals surface area contributed by atoms with E-state index in [1.807, 2.05) is 41.4 Å². The Bertz CT molecular complexity index is 1060. The summed E-state index contributed by atoms with van der Waals surface area (Å²) < 4.78 is 0. The Labute approximate surface area is 194 Å². The van der Waals surface area contributed by atoms with Gasteiger partial charge in [0, 0.05) is 56.2 Å². The zero-order valence-corrected chi connectivity index (χ0v) is 18.9. The molecule has 3 atom stereocenters. The lowest BCUT2D eigenvalue weighted by Crippen LogP contribution is -2.57. The SMILES string of the molecule is O=C1NCCCN(Cc2ccccn2)CCN2C(=O)[C@@]3(c4ccccc42)[C@H]1C[C@@H]1CCCN13. The molecule has 1 aromatic heterocycles. The number of anilines is 1. The van der Waals surface area contributed by atoms with Crippen LogP contribution in [0.1, 0.15) is 36.9 Å². The fourth-order valence-corrected chi connectivity index (χ4v) is 6.65. The van der Waals surface area contributed by atoms with Gasteiger partial charge in [0.15, 0.2) is 0 Å². The standard InChI is InChI=1S/C26H31N5O2/c32-24-22-17-20-8-5-14-31(20)26(22)21-9-1-2-10-23(21)30(25(26)33)16-15-29(13-6-12-28-24)18-19-7-3-4-11-27-19/h1-4,7,9-11,20,22H,5-6,8,12-18H2,(H,28,32)/t20-,22-,26+/m0/s1. The van der Waals surface area contributed by atoms with Crippen LogP contribution in [-0.2, 0) is 21.7 Å². The molecule has 2 bridgehead atoms. The zero-order valence-electron chi connectivity index (χ0n) is 18.9. The maximum atomic E-state index is 14.3. The summed E-state index contributed by atoms with van der Waals surface area (Å²) in [7, 11) is 0. The quantitative estimate of drug-likeness (QED) is 0.767. The van der Waals surface area contributed by atoms with Crippen molar-refractivity contribution < 1.29 is 9.59 Å². The number of para-hydroxylation sites is 1. The van der Waals surface area contributed by atoms with Gasteiger partial charge in [0.1, 0.15) is 5.54 Å². The van der Waals surface area contributed by atoms with Crippen LogP contribution in [0.4, 0.5) is 5.69 Å². The molecule has 2 aromatic rings. The molecule has 6 rings (SSSR count). The van der Waals surface area contributed by atoms with Gasteiger partial charge >= 0.3 is 0 Å². The molecular formula is C26H31N5O2. The summed E-state index contributed by atoms with van der Waals surface area (Å²) in [5.74, 6) is -0.205. The Morgan fingerprint density at radius 3 is 2.76 bits per heavy atom. The van der Waals surface area contributed by atoms with Crippen molar-refractivity contribution in [1.29, 1.82) is 0 Å². The Hall–Kier alpha value is -2.77. The van der Waals surface area contributed by atoms with E-state index in [1.165, 1.54) is 0 Å². The number of amides is 2. The van der Waals surface area contributed by atoms with Crippen LogP contribution < -0.4 is 10.2 Å². The number of hydrogen-bond donors (Lipinski definition) is 1. The Balaban J connectivity index is 1.38. The number of nitrogens with one attached hydrogen (secondary N) is 1. The summed E-state index contributed by atoms with van der Waals surface area (Å²) in [5, 5.41) is 3.20. The van der Waals surface area contributed by atoms with Crippen molar-refractivity contribution >= 4 is 17.5 Å². The fourth-order valence-electron chi connectivity index (χ4n) is 6.65. The molecule has 7 nitrogen and oxygen atoms in total. The van der Waals surface area contributed by atoms with Crippen LogP contribution in [-0.4, -0.2) is 65.4 Å². The first-order valence-corrected chi connectivity index (χ1v) is 12.3. The smallest absolute Gasteiger partial charge is 0.253 e. The van der Waals surface area contributed by atoms with Gasteiger partial charge in [-0.25, -0.2) is 0 Å². The number of pyridine rings is 1. The van der Waals surface area contributed by atoms with E-state index in [2.05, 4.69) is 32.2 Å². The molecule has 4 aliphatic heterocycles. The van der Waals surface area contributed by atoms with Gasteiger partial charge in [0.2, 0.25) is 5.91 Å². The van der Waals surface area contributed by atoms with E-state index in [4.69, 9.17) is 0 Å². The molecule has 3 saturated heterocycles. The normalized spacial score (nSPS) is 30.2. The molecular weight excluding hydrogens is 414 g/mol. The van der Waals surface area contributed by atoms with E-state index in [-0.39, 0.29) is 17.7 Å². The number of benzene rings is 1. The van der Waals surface area contributed by atoms with Crippen LogP contribution in [0.25, 0.3) is 0 Å². The second-order valence-corrected chi connectivity index (χ2v) is 9.76. The van der Waals surface area contributed by atoms with Gasteiger partial charge in [-0.2, -0.15) is 0 Å². The summed E-state index contributed by atoms with van der Waals surface area (Å²) in [6, 6.07) is 14.5. The summed E-state index contributed by atoms with van der Waals surface area (Å²) in [6.07, 6.45) is 5.63. The largest absolute Gasteiger partial charge is 0.356 e. The molecule has 4 aliphatic rings. The van der Waals surface area contributed by atoms with E-state index in [0.717, 1.165) is 68.8 Å². The molecule has 1 spiro atoms. The van der Waals surface area contributed by atoms with Gasteiger partial charge < -0.3 is 10.2 Å². The molecule has 0 saturated carbocycles. The minimum atomic E-state index is -0.854. The van der Waals surface area contributed by atoms with Crippen molar-refractivity contribution in [1.82, 2.24) is 20.1 Å². The lowest BCUT2D eigenvalue weighted by atomic mass is 9.78. The number of carbonyl (C=O) groups is 2. The van der Waals surface area contributed by atoms with Gasteiger partial charge in [-0.15, -0.1) is 0 Å². The maximum absolute atomic E-state index is 14.3. The van der Waals surface area contributed by atoms with Gasteiger partial charge in [-0.1, -0.05) is 24.3 Å². The second kappa shape index (κ2) is 8.22. The number of nitrogens with zero attached hydrogens (tertiary/aromatic N) is 4. The third kappa shape index (κ3) is 3.21. The number of carbonyl (C=O) groups excluding carboxylic acids is 2. The van der Waals surface area contributed by atoms with Crippen LogP contribution in [0.3, 0.4) is 0 Å². The first kappa shape index (κ1) is 20.8. The average molecular weight is 446 g/mol. The van der Waals surface area contributed by atoms with Crippen molar-refractivity contribution in [2.24, 2.45) is 5.92 Å². The van der Waals surface area contributed by atoms with Crippen molar-refractivity contribution in [2.75, 3.05) is 37.6 Å². The summed E-state index contributed by atoms with van der Waals surface area (Å²) in [5.41, 5.74) is 2.17. The Kier molecular flexibility index (Phi) is 5.18. The Morgan fingerprint density at radius 1 is 1.00 bits per heavy atom. The molecule has 2 amide bonds. The third-order valence-electron chi connectivity index (χ3n) is 8.04. The van der Waals surface area contributed by atoms with Crippen molar-refractivity contribution in [2.45, 2.75) is 43.8 Å². The Morgan fingerprint density at radius 2 is 1.88 bits per heavy atom. The lowest BCUT2D eigenvalue weighted by molar-refractivity contribution is -0.139. The molecule has 1 N–H and O–H groups in total. The van der Waals surface area contributed by atoms with E-state index in [9.17, 15) is 9.59 Å². The van der Waals surface area contributed by atoms with E-state index in [1.54, 1.807) is 0 Å². The molecule has 1 aromatic carbocycles. The topological polar surface area (TPSA) is 68.8 Å². The molecule has 7 heteroatoms. The number of fused-ring (bicyclic) bond motifs is 4. The number of hydrogen-bond acceptors (Lipinski definition) is 5. The summed E-state index contributed by atoms with van der Waals surface area (Å²) in [6.45, 7) is 4.50. The van der Waals surface area contributed by atoms with Crippen molar-refractivity contribution in [3.63, 3.8) is 0 Å². The number of aromatic nitrogens is 1. The van der Waals surface area contributed by atoms with Gasteiger partial charge in [-0.3, -0.25) is 24.4 Å². The van der Waals surface area contributed by atoms with E-state index in [0.29, 0.717) is 19.1 Å². The second-order valence-electron chi connectivity index (χ2n) is 9.76. The third-order valence-corrected chi connectivity index (χ3v) is 8.04. The van der Waals surface area contributed by atoms with Crippen LogP contribution in [0.5, 0.6) is 0 Å². The predicted molar refractivity (Wildman–Crippen MR) is 125 cm³/mol. The molecule has 33 heavy (non-hydrogen) atoms. The average Bonchev–Trinajstić information content (AvgIpc) is 3.49. The highest BCUT2D eigenvalue weighted by Gasteiger charge is 2.67. The highest BCUT2D eigenvalue weighted by atomic mass is 16.2. The first-order valence-electron chi connectivity index (χ1n) is 12.3. The highest BCUT2D eigenvalue weighted by Crippen LogP contribution is 2.56. The minimum Gasteiger partial charge on any atom is -0.356 e. The van der Waals surface area contributed by atoms with Gasteiger partial charge in [0.05, 0.1) is 11.6 Å². The van der Waals surface area contributed by atoms with Crippen LogP contribution in [0.2, 0.25) is 0 Å². The van der Waals surface area contributed by atoms with Crippen molar-refractivity contribution in [3.8, 4) is 0 Å². The zero-order chi connectivity index (χ0) is 22.4. The van der Waals surface area contributed by atoms with Crippen LogP contribution in [0, 0.1) is 5.92 Å². The molecule has 0 unspecified atom stereocenters. The van der Waals surface area contributed by atoms with Crippen molar-refractivity contribution in [3.05, 3.63) is 59.9 Å². The van der Waals surface area contributed by atoms with Gasteiger partial charge in [-0.05, 0) is 50.4 Å². The summed E-state index contributed by atoms with van der Waals surface area (Å²) >= 11 is 0. The monoisotopic (exact) mass is 445 g/mol. The minimum absolute atomic E-state index is 0.0336. The number of rotatable bonds is 2. The molecule has 5 heterocycles. The van der Waals surface area contributed by atoms with Crippen LogP contribution in [0.15, 0.2) is 48.7 Å². The maximum Gasteiger partial charge on any atom is 0.253 e. The lowest BCUT2D eigenvalue weighted by Gasteiger charge is -2.37. The van der Waals surface area contributed by atoms with Crippen LogP contribution >= 0.6 is 0 Å². The fraction of sp³-hybridized carbons (Fsp3) is 0.500.